The number of benzene rings is 2. The van der Waals surface area contributed by atoms with Gasteiger partial charge in [-0.15, -0.1) is 0 Å². The monoisotopic (exact) mass is 252 g/mol. The summed E-state index contributed by atoms with van der Waals surface area (Å²) in [6.07, 6.45) is -0.108. The summed E-state index contributed by atoms with van der Waals surface area (Å²) >= 11 is 0. The molecule has 0 saturated heterocycles. The van der Waals surface area contributed by atoms with Gasteiger partial charge in [0.25, 0.3) is 5.91 Å². The van der Waals surface area contributed by atoms with Gasteiger partial charge >= 0.3 is 0 Å². The van der Waals surface area contributed by atoms with E-state index in [4.69, 9.17) is 0 Å². The Balaban J connectivity index is 2.02. The number of hydrogen-bond acceptors (Lipinski definition) is 2. The second kappa shape index (κ2) is 4.43. The maximum Gasteiger partial charge on any atom is 0.255 e. The number of aryl methyl sites for hydroxylation is 1. The van der Waals surface area contributed by atoms with Crippen LogP contribution in [0.5, 0.6) is 0 Å². The van der Waals surface area contributed by atoms with E-state index in [1.807, 2.05) is 31.3 Å². The van der Waals surface area contributed by atoms with Crippen molar-refractivity contribution >= 4 is 11.6 Å². The molecule has 3 heteroatoms. The van der Waals surface area contributed by atoms with Crippen molar-refractivity contribution in [1.82, 2.24) is 5.32 Å². The Kier molecular flexibility index (Phi) is 2.75. The Morgan fingerprint density at radius 1 is 1.05 bits per heavy atom. The first-order valence-corrected chi connectivity index (χ1v) is 6.36. The standard InChI is InChI=1S/C16H16N2O/c1-11-7-9-12(10-8-11)15-17-16(19)13-5-3-4-6-14(13)18(15)2/h3-10,15H,1-2H3,(H,17,19). The molecule has 0 aromatic heterocycles. The van der Waals surface area contributed by atoms with Gasteiger partial charge in [-0.3, -0.25) is 4.79 Å². The van der Waals surface area contributed by atoms with Crippen LogP contribution in [0.15, 0.2) is 48.5 Å². The highest BCUT2D eigenvalue weighted by atomic mass is 16.2. The van der Waals surface area contributed by atoms with Crippen LogP contribution >= 0.6 is 0 Å². The number of amides is 1. The van der Waals surface area contributed by atoms with E-state index in [1.165, 1.54) is 5.56 Å². The number of para-hydroxylation sites is 1. The van der Waals surface area contributed by atoms with Gasteiger partial charge in [-0.1, -0.05) is 42.0 Å². The zero-order valence-electron chi connectivity index (χ0n) is 11.1. The Morgan fingerprint density at radius 2 is 1.74 bits per heavy atom. The summed E-state index contributed by atoms with van der Waals surface area (Å²) in [5.41, 5.74) is 4.01. The lowest BCUT2D eigenvalue weighted by Gasteiger charge is -2.36. The first-order chi connectivity index (χ1) is 9.16. The summed E-state index contributed by atoms with van der Waals surface area (Å²) in [5, 5.41) is 3.05. The Bertz CT molecular complexity index is 619. The molecule has 2 aromatic carbocycles. The normalized spacial score (nSPS) is 17.9. The molecular weight excluding hydrogens is 236 g/mol. The number of nitrogens with zero attached hydrogens (tertiary/aromatic N) is 1. The Hall–Kier alpha value is -2.29. The SMILES string of the molecule is Cc1ccc(C2NC(=O)c3ccccc3N2C)cc1. The van der Waals surface area contributed by atoms with Crippen LogP contribution in [-0.4, -0.2) is 13.0 Å². The van der Waals surface area contributed by atoms with Crippen LogP contribution in [0, 0.1) is 6.92 Å². The lowest BCUT2D eigenvalue weighted by molar-refractivity contribution is 0.0928. The molecule has 19 heavy (non-hydrogen) atoms. The smallest absolute Gasteiger partial charge is 0.255 e. The lowest BCUT2D eigenvalue weighted by Crippen LogP contribution is -2.44. The van der Waals surface area contributed by atoms with Gasteiger partial charge < -0.3 is 10.2 Å². The number of hydrogen-bond donors (Lipinski definition) is 1. The molecule has 0 saturated carbocycles. The fourth-order valence-corrected chi connectivity index (χ4v) is 2.47. The zero-order valence-corrected chi connectivity index (χ0v) is 11.1. The highest BCUT2D eigenvalue weighted by Gasteiger charge is 2.28. The second-order valence-electron chi connectivity index (χ2n) is 4.91. The summed E-state index contributed by atoms with van der Waals surface area (Å²) in [6.45, 7) is 2.06. The zero-order chi connectivity index (χ0) is 13.4. The van der Waals surface area contributed by atoms with E-state index >= 15 is 0 Å². The van der Waals surface area contributed by atoms with Crippen molar-refractivity contribution in [3.8, 4) is 0 Å². The van der Waals surface area contributed by atoms with E-state index in [-0.39, 0.29) is 12.1 Å². The van der Waals surface area contributed by atoms with Gasteiger partial charge in [0.05, 0.1) is 11.3 Å². The summed E-state index contributed by atoms with van der Waals surface area (Å²) in [4.78, 5) is 14.2. The minimum absolute atomic E-state index is 0.0146. The van der Waals surface area contributed by atoms with Crippen LogP contribution in [0.2, 0.25) is 0 Å². The number of carbonyl (C=O) groups is 1. The highest BCUT2D eigenvalue weighted by Crippen LogP contribution is 2.31. The molecule has 2 aromatic rings. The lowest BCUT2D eigenvalue weighted by atomic mass is 10.0. The van der Waals surface area contributed by atoms with Crippen molar-refractivity contribution < 1.29 is 4.79 Å². The average Bonchev–Trinajstić information content (AvgIpc) is 2.44. The molecule has 1 amide bonds. The fraction of sp³-hybridized carbons (Fsp3) is 0.188. The molecule has 0 fully saturated rings. The van der Waals surface area contributed by atoms with Gasteiger partial charge in [-0.25, -0.2) is 0 Å². The Morgan fingerprint density at radius 3 is 2.47 bits per heavy atom. The number of rotatable bonds is 1. The third-order valence-corrected chi connectivity index (χ3v) is 3.58. The van der Waals surface area contributed by atoms with Crippen LogP contribution in [0.3, 0.4) is 0 Å². The third kappa shape index (κ3) is 1.97. The van der Waals surface area contributed by atoms with E-state index in [0.717, 1.165) is 16.8 Å². The van der Waals surface area contributed by atoms with E-state index < -0.39 is 0 Å². The predicted molar refractivity (Wildman–Crippen MR) is 76.2 cm³/mol. The van der Waals surface area contributed by atoms with E-state index in [0.29, 0.717) is 0 Å². The fourth-order valence-electron chi connectivity index (χ4n) is 2.47. The van der Waals surface area contributed by atoms with Gasteiger partial charge in [-0.05, 0) is 24.6 Å². The van der Waals surface area contributed by atoms with Crippen LogP contribution in [0.1, 0.15) is 27.7 Å². The maximum absolute atomic E-state index is 12.1. The molecular formula is C16H16N2O. The molecule has 0 spiro atoms. The first-order valence-electron chi connectivity index (χ1n) is 6.36. The highest BCUT2D eigenvalue weighted by molar-refractivity contribution is 6.01. The largest absolute Gasteiger partial charge is 0.350 e. The molecule has 96 valence electrons. The maximum atomic E-state index is 12.1. The average molecular weight is 252 g/mol. The van der Waals surface area contributed by atoms with Crippen LogP contribution in [0.4, 0.5) is 5.69 Å². The van der Waals surface area contributed by atoms with Gasteiger partial charge in [0.15, 0.2) is 0 Å². The van der Waals surface area contributed by atoms with Crippen molar-refractivity contribution in [1.29, 1.82) is 0 Å². The van der Waals surface area contributed by atoms with Gasteiger partial charge in [0.2, 0.25) is 0 Å². The topological polar surface area (TPSA) is 32.3 Å². The van der Waals surface area contributed by atoms with Crippen LogP contribution in [-0.2, 0) is 0 Å². The molecule has 0 bridgehead atoms. The van der Waals surface area contributed by atoms with Gasteiger partial charge in [-0.2, -0.15) is 0 Å². The predicted octanol–water partition coefficient (Wildman–Crippen LogP) is 2.87. The van der Waals surface area contributed by atoms with Crippen molar-refractivity contribution in [3.63, 3.8) is 0 Å². The van der Waals surface area contributed by atoms with Crippen LogP contribution in [0.25, 0.3) is 0 Å². The minimum Gasteiger partial charge on any atom is -0.350 e. The number of fused-ring (bicyclic) bond motifs is 1. The summed E-state index contributed by atoms with van der Waals surface area (Å²) < 4.78 is 0. The molecule has 1 atom stereocenters. The summed E-state index contributed by atoms with van der Waals surface area (Å²) in [5.74, 6) is -0.0146. The molecule has 3 rings (SSSR count). The first kappa shape index (κ1) is 11.8. The van der Waals surface area contributed by atoms with E-state index in [9.17, 15) is 4.79 Å². The third-order valence-electron chi connectivity index (χ3n) is 3.58. The molecule has 0 aliphatic carbocycles. The van der Waals surface area contributed by atoms with E-state index in [2.05, 4.69) is 41.4 Å². The molecule has 1 N–H and O–H groups in total. The van der Waals surface area contributed by atoms with Crippen molar-refractivity contribution in [2.24, 2.45) is 0 Å². The summed E-state index contributed by atoms with van der Waals surface area (Å²) in [7, 11) is 2.00. The van der Waals surface area contributed by atoms with Gasteiger partial charge in [0, 0.05) is 7.05 Å². The quantitative estimate of drug-likeness (QED) is 0.846. The number of anilines is 1. The second-order valence-corrected chi connectivity index (χ2v) is 4.91. The number of carbonyl (C=O) groups excluding carboxylic acids is 1. The Labute approximate surface area is 112 Å². The van der Waals surface area contributed by atoms with Gasteiger partial charge in [0.1, 0.15) is 6.17 Å². The molecule has 3 nitrogen and oxygen atoms in total. The minimum atomic E-state index is -0.108. The summed E-state index contributed by atoms with van der Waals surface area (Å²) in [6, 6.07) is 15.9. The van der Waals surface area contributed by atoms with Crippen molar-refractivity contribution in [2.75, 3.05) is 11.9 Å². The molecule has 1 heterocycles. The molecule has 1 unspecified atom stereocenters. The van der Waals surface area contributed by atoms with E-state index in [1.54, 1.807) is 0 Å². The molecule has 1 aliphatic rings. The molecule has 1 aliphatic heterocycles. The van der Waals surface area contributed by atoms with Crippen LogP contribution < -0.4 is 10.2 Å². The number of nitrogens with one attached hydrogen (secondary N) is 1. The molecule has 0 radical (unpaired) electrons. The van der Waals surface area contributed by atoms with Crippen molar-refractivity contribution in [2.45, 2.75) is 13.1 Å². The van der Waals surface area contributed by atoms with Crippen molar-refractivity contribution in [3.05, 3.63) is 65.2 Å².